The minimum Gasteiger partial charge on any atom is -0.392 e. The number of carbonyl (C=O) groups is 2. The quantitative estimate of drug-likeness (QED) is 0.636. The number of benzene rings is 1. The van der Waals surface area contributed by atoms with Crippen LogP contribution in [-0.4, -0.2) is 29.6 Å². The fourth-order valence-electron chi connectivity index (χ4n) is 1.03. The van der Waals surface area contributed by atoms with Gasteiger partial charge in [-0.3, -0.25) is 9.59 Å². The van der Waals surface area contributed by atoms with Crippen LogP contribution in [0.5, 0.6) is 0 Å². The molecule has 0 radical (unpaired) electrons. The number of carbonyl (C=O) groups excluding carboxylic acids is 2. The topological polar surface area (TPSA) is 78.4 Å². The number of para-hydroxylation sites is 1. The number of hydrogen-bond donors (Lipinski definition) is 3. The number of rotatable bonds is 3. The fourth-order valence-corrected chi connectivity index (χ4v) is 1.03. The minimum absolute atomic E-state index is 0.0566. The molecule has 1 rings (SSSR count). The molecule has 0 aliphatic carbocycles. The summed E-state index contributed by atoms with van der Waals surface area (Å²) in [4.78, 5) is 22.5. The van der Waals surface area contributed by atoms with Crippen molar-refractivity contribution >= 4 is 17.5 Å². The molecule has 86 valence electrons. The van der Waals surface area contributed by atoms with Crippen LogP contribution in [0.3, 0.4) is 0 Å². The van der Waals surface area contributed by atoms with Gasteiger partial charge >= 0.3 is 11.8 Å². The number of nitrogens with one attached hydrogen (secondary N) is 2. The predicted octanol–water partition coefficient (Wildman–Crippen LogP) is 0.122. The predicted molar refractivity (Wildman–Crippen MR) is 59.8 cm³/mol. The van der Waals surface area contributed by atoms with Crippen LogP contribution in [-0.2, 0) is 9.59 Å². The van der Waals surface area contributed by atoms with Crippen molar-refractivity contribution in [2.45, 2.75) is 13.0 Å². The summed E-state index contributed by atoms with van der Waals surface area (Å²) < 4.78 is 0. The van der Waals surface area contributed by atoms with Crippen molar-refractivity contribution in [2.75, 3.05) is 11.9 Å². The van der Waals surface area contributed by atoms with Crippen molar-refractivity contribution in [1.29, 1.82) is 0 Å². The van der Waals surface area contributed by atoms with E-state index in [1.54, 1.807) is 24.3 Å². The molecule has 0 aliphatic rings. The Hall–Kier alpha value is -1.88. The number of hydrogen-bond acceptors (Lipinski definition) is 3. The molecule has 0 heterocycles. The molecule has 3 N–H and O–H groups in total. The SMILES string of the molecule is CC(O)CNC(=O)C(=O)Nc1ccccc1. The van der Waals surface area contributed by atoms with Gasteiger partial charge in [-0.1, -0.05) is 18.2 Å². The van der Waals surface area contributed by atoms with Crippen molar-refractivity contribution in [1.82, 2.24) is 5.32 Å². The summed E-state index contributed by atoms with van der Waals surface area (Å²) in [6.45, 7) is 1.58. The Morgan fingerprint density at radius 2 is 1.88 bits per heavy atom. The molecule has 0 saturated carbocycles. The first-order valence-electron chi connectivity index (χ1n) is 4.92. The first-order chi connectivity index (χ1) is 7.59. The highest BCUT2D eigenvalue weighted by atomic mass is 16.3. The summed E-state index contributed by atoms with van der Waals surface area (Å²) in [6.07, 6.45) is -0.673. The van der Waals surface area contributed by atoms with E-state index in [1.165, 1.54) is 6.92 Å². The molecule has 16 heavy (non-hydrogen) atoms. The van der Waals surface area contributed by atoms with Crippen LogP contribution in [0.25, 0.3) is 0 Å². The van der Waals surface area contributed by atoms with Crippen molar-refractivity contribution in [3.8, 4) is 0 Å². The number of aliphatic hydroxyl groups is 1. The highest BCUT2D eigenvalue weighted by Gasteiger charge is 2.13. The largest absolute Gasteiger partial charge is 0.392 e. The molecule has 1 unspecified atom stereocenters. The average Bonchev–Trinajstić information content (AvgIpc) is 2.27. The number of anilines is 1. The molecule has 0 aliphatic heterocycles. The van der Waals surface area contributed by atoms with Crippen LogP contribution in [0.15, 0.2) is 30.3 Å². The molecule has 0 spiro atoms. The Bertz CT molecular complexity index is 363. The summed E-state index contributed by atoms with van der Waals surface area (Å²) in [6, 6.07) is 8.68. The molecule has 0 bridgehead atoms. The Labute approximate surface area is 93.5 Å². The van der Waals surface area contributed by atoms with Crippen molar-refractivity contribution in [3.05, 3.63) is 30.3 Å². The van der Waals surface area contributed by atoms with Crippen molar-refractivity contribution < 1.29 is 14.7 Å². The van der Waals surface area contributed by atoms with Crippen LogP contribution in [0.1, 0.15) is 6.92 Å². The Morgan fingerprint density at radius 3 is 2.44 bits per heavy atom. The third-order valence-corrected chi connectivity index (χ3v) is 1.80. The maximum Gasteiger partial charge on any atom is 0.313 e. The lowest BCUT2D eigenvalue weighted by Gasteiger charge is -2.07. The second-order valence-electron chi connectivity index (χ2n) is 3.38. The van der Waals surface area contributed by atoms with Crippen molar-refractivity contribution in [3.63, 3.8) is 0 Å². The third kappa shape index (κ3) is 4.10. The number of amides is 2. The van der Waals surface area contributed by atoms with Crippen LogP contribution < -0.4 is 10.6 Å². The molecule has 1 aromatic carbocycles. The van der Waals surface area contributed by atoms with Gasteiger partial charge in [-0.25, -0.2) is 0 Å². The highest BCUT2D eigenvalue weighted by Crippen LogP contribution is 2.04. The van der Waals surface area contributed by atoms with Crippen molar-refractivity contribution in [2.24, 2.45) is 0 Å². The summed E-state index contributed by atoms with van der Waals surface area (Å²) in [7, 11) is 0. The van der Waals surface area contributed by atoms with E-state index >= 15 is 0 Å². The lowest BCUT2D eigenvalue weighted by molar-refractivity contribution is -0.136. The van der Waals surface area contributed by atoms with Crippen LogP contribution in [0.2, 0.25) is 0 Å². The van der Waals surface area contributed by atoms with E-state index in [1.807, 2.05) is 6.07 Å². The molecule has 0 fully saturated rings. The normalized spacial score (nSPS) is 11.6. The zero-order chi connectivity index (χ0) is 12.0. The standard InChI is InChI=1S/C11H14N2O3/c1-8(14)7-12-10(15)11(16)13-9-5-3-2-4-6-9/h2-6,8,14H,7H2,1H3,(H,12,15)(H,13,16). The maximum absolute atomic E-state index is 11.3. The van der Waals surface area contributed by atoms with Gasteiger partial charge in [0, 0.05) is 12.2 Å². The lowest BCUT2D eigenvalue weighted by atomic mass is 10.3. The van der Waals surface area contributed by atoms with Gasteiger partial charge in [0.2, 0.25) is 0 Å². The zero-order valence-corrected chi connectivity index (χ0v) is 8.93. The Balaban J connectivity index is 2.44. The molecule has 0 saturated heterocycles. The van der Waals surface area contributed by atoms with Crippen LogP contribution in [0.4, 0.5) is 5.69 Å². The van der Waals surface area contributed by atoms with E-state index in [2.05, 4.69) is 10.6 Å². The summed E-state index contributed by atoms with van der Waals surface area (Å²) in [5.74, 6) is -1.50. The summed E-state index contributed by atoms with van der Waals surface area (Å²) in [5, 5.41) is 13.7. The summed E-state index contributed by atoms with van der Waals surface area (Å²) >= 11 is 0. The minimum atomic E-state index is -0.759. The molecule has 1 atom stereocenters. The van der Waals surface area contributed by atoms with Gasteiger partial charge in [0.1, 0.15) is 0 Å². The van der Waals surface area contributed by atoms with Gasteiger partial charge in [0.25, 0.3) is 0 Å². The molecular weight excluding hydrogens is 208 g/mol. The van der Waals surface area contributed by atoms with Crippen LogP contribution >= 0.6 is 0 Å². The van der Waals surface area contributed by atoms with Gasteiger partial charge in [0.15, 0.2) is 0 Å². The molecule has 0 aromatic heterocycles. The third-order valence-electron chi connectivity index (χ3n) is 1.80. The van der Waals surface area contributed by atoms with E-state index < -0.39 is 17.9 Å². The number of aliphatic hydroxyl groups excluding tert-OH is 1. The Morgan fingerprint density at radius 1 is 1.25 bits per heavy atom. The Kier molecular flexibility index (Phi) is 4.47. The first-order valence-corrected chi connectivity index (χ1v) is 4.92. The smallest absolute Gasteiger partial charge is 0.313 e. The lowest BCUT2D eigenvalue weighted by Crippen LogP contribution is -2.38. The van der Waals surface area contributed by atoms with Gasteiger partial charge in [0.05, 0.1) is 6.10 Å². The van der Waals surface area contributed by atoms with Gasteiger partial charge < -0.3 is 15.7 Å². The second kappa shape index (κ2) is 5.87. The van der Waals surface area contributed by atoms with E-state index in [0.717, 1.165) is 0 Å². The first kappa shape index (κ1) is 12.2. The molecule has 5 heteroatoms. The van der Waals surface area contributed by atoms with Gasteiger partial charge in [-0.2, -0.15) is 0 Å². The van der Waals surface area contributed by atoms with Gasteiger partial charge in [-0.05, 0) is 19.1 Å². The monoisotopic (exact) mass is 222 g/mol. The van der Waals surface area contributed by atoms with E-state index in [4.69, 9.17) is 5.11 Å². The molecular formula is C11H14N2O3. The molecule has 5 nitrogen and oxygen atoms in total. The highest BCUT2D eigenvalue weighted by molar-refractivity contribution is 6.39. The maximum atomic E-state index is 11.3. The fraction of sp³-hybridized carbons (Fsp3) is 0.273. The van der Waals surface area contributed by atoms with E-state index in [-0.39, 0.29) is 6.54 Å². The average molecular weight is 222 g/mol. The second-order valence-corrected chi connectivity index (χ2v) is 3.38. The van der Waals surface area contributed by atoms with E-state index in [0.29, 0.717) is 5.69 Å². The summed E-state index contributed by atoms with van der Waals surface area (Å²) in [5.41, 5.74) is 0.555. The van der Waals surface area contributed by atoms with Gasteiger partial charge in [-0.15, -0.1) is 0 Å². The van der Waals surface area contributed by atoms with Crippen LogP contribution in [0, 0.1) is 0 Å². The van der Waals surface area contributed by atoms with E-state index in [9.17, 15) is 9.59 Å². The molecule has 2 amide bonds. The molecule has 1 aromatic rings. The zero-order valence-electron chi connectivity index (χ0n) is 8.93.